The lowest BCUT2D eigenvalue weighted by atomic mass is 10.2. The first kappa shape index (κ1) is 17.3. The minimum atomic E-state index is -3.88. The number of rotatable bonds is 7. The quantitative estimate of drug-likeness (QED) is 0.630. The number of carbonyl (C=O) groups is 1. The van der Waals surface area contributed by atoms with Gasteiger partial charge in [0.25, 0.3) is 0 Å². The van der Waals surface area contributed by atoms with Crippen LogP contribution in [0.1, 0.15) is 18.9 Å². The van der Waals surface area contributed by atoms with E-state index in [0.717, 1.165) is 6.42 Å². The molecule has 0 saturated heterocycles. The third kappa shape index (κ3) is 4.61. The normalized spacial score (nSPS) is 11.2. The monoisotopic (exact) mass is 315 g/mol. The van der Waals surface area contributed by atoms with Gasteiger partial charge in [-0.2, -0.15) is 0 Å². The van der Waals surface area contributed by atoms with Crippen LogP contribution in [-0.4, -0.2) is 34.5 Å². The van der Waals surface area contributed by atoms with Gasteiger partial charge >= 0.3 is 0 Å². The van der Waals surface area contributed by atoms with E-state index in [1.54, 1.807) is 13.0 Å². The maximum absolute atomic E-state index is 12.2. The third-order valence-electron chi connectivity index (χ3n) is 2.84. The molecule has 21 heavy (non-hydrogen) atoms. The van der Waals surface area contributed by atoms with Crippen LogP contribution in [0.2, 0.25) is 0 Å². The van der Waals surface area contributed by atoms with Gasteiger partial charge in [0.1, 0.15) is 10.6 Å². The summed E-state index contributed by atoms with van der Waals surface area (Å²) in [5.74, 6) is -0.206. The summed E-state index contributed by atoms with van der Waals surface area (Å²) in [4.78, 5) is 11.4. The highest BCUT2D eigenvalue weighted by atomic mass is 32.2. The van der Waals surface area contributed by atoms with Crippen molar-refractivity contribution in [3.05, 3.63) is 17.7 Å². The van der Waals surface area contributed by atoms with Gasteiger partial charge in [-0.1, -0.05) is 6.92 Å². The molecular weight excluding hydrogens is 294 g/mol. The van der Waals surface area contributed by atoms with Gasteiger partial charge in [0.05, 0.1) is 13.7 Å². The van der Waals surface area contributed by atoms with Crippen LogP contribution >= 0.6 is 0 Å². The highest BCUT2D eigenvalue weighted by Crippen LogP contribution is 2.28. The number of benzene rings is 1. The molecule has 4 N–H and O–H groups in total. The van der Waals surface area contributed by atoms with Gasteiger partial charge in [0.15, 0.2) is 0 Å². The van der Waals surface area contributed by atoms with E-state index in [2.05, 4.69) is 10.0 Å². The van der Waals surface area contributed by atoms with E-state index < -0.39 is 10.0 Å². The van der Waals surface area contributed by atoms with Crippen molar-refractivity contribution < 1.29 is 17.9 Å². The van der Waals surface area contributed by atoms with E-state index in [9.17, 15) is 13.2 Å². The number of hydrogen-bond acceptors (Lipinski definition) is 5. The first-order chi connectivity index (χ1) is 9.81. The second-order valence-electron chi connectivity index (χ2n) is 4.53. The molecule has 8 heteroatoms. The Hall–Kier alpha value is -1.80. The van der Waals surface area contributed by atoms with Crippen LogP contribution in [0.3, 0.4) is 0 Å². The first-order valence-electron chi connectivity index (χ1n) is 6.52. The molecule has 0 bridgehead atoms. The number of nitrogens with two attached hydrogens (primary N) is 1. The van der Waals surface area contributed by atoms with E-state index >= 15 is 0 Å². The van der Waals surface area contributed by atoms with Gasteiger partial charge in [-0.25, -0.2) is 13.1 Å². The fourth-order valence-electron chi connectivity index (χ4n) is 1.61. The number of hydrogen-bond donors (Lipinski definition) is 3. The Balaban J connectivity index is 2.93. The molecule has 7 nitrogen and oxygen atoms in total. The molecule has 0 unspecified atom stereocenters. The highest BCUT2D eigenvalue weighted by molar-refractivity contribution is 7.89. The van der Waals surface area contributed by atoms with Gasteiger partial charge < -0.3 is 15.8 Å². The van der Waals surface area contributed by atoms with Crippen LogP contribution in [-0.2, 0) is 14.8 Å². The van der Waals surface area contributed by atoms with E-state index in [0.29, 0.717) is 17.8 Å². The van der Waals surface area contributed by atoms with Gasteiger partial charge in [-0.3, -0.25) is 4.79 Å². The number of aryl methyl sites for hydroxylation is 1. The first-order valence-corrected chi connectivity index (χ1v) is 8.00. The molecular formula is C13H21N3O4S. The van der Waals surface area contributed by atoms with Gasteiger partial charge in [-0.05, 0) is 31.0 Å². The molecule has 118 valence electrons. The van der Waals surface area contributed by atoms with Crippen molar-refractivity contribution >= 4 is 21.6 Å². The molecule has 0 spiro atoms. The smallest absolute Gasteiger partial charge is 0.244 e. The molecule has 0 aliphatic rings. The lowest BCUT2D eigenvalue weighted by molar-refractivity contribution is -0.119. The molecule has 0 radical (unpaired) electrons. The predicted octanol–water partition coefficient (Wildman–Crippen LogP) is 0.390. The summed E-state index contributed by atoms with van der Waals surface area (Å²) in [5.41, 5.74) is 6.79. The predicted molar refractivity (Wildman–Crippen MR) is 80.6 cm³/mol. The fourth-order valence-corrected chi connectivity index (χ4v) is 2.78. The number of amides is 1. The zero-order valence-electron chi connectivity index (χ0n) is 12.4. The number of nitrogen functional groups attached to an aromatic ring is 1. The maximum Gasteiger partial charge on any atom is 0.244 e. The molecule has 0 aliphatic carbocycles. The number of carbonyl (C=O) groups excluding carboxylic acids is 1. The van der Waals surface area contributed by atoms with Crippen LogP contribution in [0.4, 0.5) is 5.69 Å². The number of sulfonamides is 1. The highest BCUT2D eigenvalue weighted by Gasteiger charge is 2.21. The standard InChI is InChI=1S/C13H21N3O4S/c1-4-5-15-13(17)8-16-21(18,19)12-7-10(14)9(2)6-11(12)20-3/h6-7,16H,4-5,8,14H2,1-3H3,(H,15,17). The summed E-state index contributed by atoms with van der Waals surface area (Å²) < 4.78 is 31.7. The lowest BCUT2D eigenvalue weighted by Crippen LogP contribution is -2.37. The topological polar surface area (TPSA) is 111 Å². The molecule has 0 aromatic heterocycles. The van der Waals surface area contributed by atoms with Crippen molar-refractivity contribution in [1.82, 2.24) is 10.0 Å². The van der Waals surface area contributed by atoms with E-state index in [4.69, 9.17) is 10.5 Å². The molecule has 0 saturated carbocycles. The van der Waals surface area contributed by atoms with Crippen LogP contribution < -0.4 is 20.5 Å². The maximum atomic E-state index is 12.2. The van der Waals surface area contributed by atoms with E-state index in [-0.39, 0.29) is 23.1 Å². The Bertz CT molecular complexity index is 614. The molecule has 1 rings (SSSR count). The Kier molecular flexibility index (Phi) is 5.98. The van der Waals surface area contributed by atoms with Gasteiger partial charge in [0.2, 0.25) is 15.9 Å². The molecule has 1 aromatic carbocycles. The summed E-state index contributed by atoms with van der Waals surface area (Å²) in [5, 5.41) is 2.58. The van der Waals surface area contributed by atoms with Crippen molar-refractivity contribution in [1.29, 1.82) is 0 Å². The largest absolute Gasteiger partial charge is 0.495 e. The average Bonchev–Trinajstić information content (AvgIpc) is 2.45. The molecule has 1 aromatic rings. The van der Waals surface area contributed by atoms with Crippen molar-refractivity contribution in [3.8, 4) is 5.75 Å². The Morgan fingerprint density at radius 1 is 1.38 bits per heavy atom. The van der Waals surface area contributed by atoms with E-state index in [1.807, 2.05) is 6.92 Å². The van der Waals surface area contributed by atoms with Crippen molar-refractivity contribution in [2.75, 3.05) is 25.9 Å². The third-order valence-corrected chi connectivity index (χ3v) is 4.26. The molecule has 1 amide bonds. The number of ether oxygens (including phenoxy) is 1. The average molecular weight is 315 g/mol. The van der Waals surface area contributed by atoms with Crippen LogP contribution in [0.25, 0.3) is 0 Å². The SMILES string of the molecule is CCCNC(=O)CNS(=O)(=O)c1cc(N)c(C)cc1OC. The molecule has 0 atom stereocenters. The Labute approximate surface area is 124 Å². The number of anilines is 1. The van der Waals surface area contributed by atoms with Crippen molar-refractivity contribution in [3.63, 3.8) is 0 Å². The number of methoxy groups -OCH3 is 1. The number of nitrogens with one attached hydrogen (secondary N) is 2. The zero-order valence-corrected chi connectivity index (χ0v) is 13.2. The fraction of sp³-hybridized carbons (Fsp3) is 0.462. The summed E-state index contributed by atoms with van der Waals surface area (Å²) >= 11 is 0. The molecule has 0 fully saturated rings. The molecule has 0 heterocycles. The summed E-state index contributed by atoms with van der Waals surface area (Å²) in [6.45, 7) is 3.82. The van der Waals surface area contributed by atoms with Gasteiger partial charge in [-0.15, -0.1) is 0 Å². The Morgan fingerprint density at radius 2 is 2.05 bits per heavy atom. The van der Waals surface area contributed by atoms with Crippen LogP contribution in [0.15, 0.2) is 17.0 Å². The van der Waals surface area contributed by atoms with Crippen molar-refractivity contribution in [2.45, 2.75) is 25.2 Å². The Morgan fingerprint density at radius 3 is 2.62 bits per heavy atom. The van der Waals surface area contributed by atoms with E-state index in [1.165, 1.54) is 13.2 Å². The minimum Gasteiger partial charge on any atom is -0.495 e. The van der Waals surface area contributed by atoms with Gasteiger partial charge in [0, 0.05) is 12.2 Å². The van der Waals surface area contributed by atoms with Crippen LogP contribution in [0, 0.1) is 6.92 Å². The zero-order chi connectivity index (χ0) is 16.0. The summed E-state index contributed by atoms with van der Waals surface area (Å²) in [6.07, 6.45) is 0.779. The summed E-state index contributed by atoms with van der Waals surface area (Å²) in [7, 11) is -2.51. The second-order valence-corrected chi connectivity index (χ2v) is 6.27. The second kappa shape index (κ2) is 7.28. The lowest BCUT2D eigenvalue weighted by Gasteiger charge is -2.13. The van der Waals surface area contributed by atoms with Crippen LogP contribution in [0.5, 0.6) is 5.75 Å². The van der Waals surface area contributed by atoms with Crippen molar-refractivity contribution in [2.24, 2.45) is 0 Å². The molecule has 0 aliphatic heterocycles. The minimum absolute atomic E-state index is 0.0867. The summed E-state index contributed by atoms with van der Waals surface area (Å²) in [6, 6.07) is 2.86.